The summed E-state index contributed by atoms with van der Waals surface area (Å²) in [6.07, 6.45) is 6.67. The molecule has 4 heteroatoms. The summed E-state index contributed by atoms with van der Waals surface area (Å²) >= 11 is 3.38. The van der Waals surface area contributed by atoms with Gasteiger partial charge in [0, 0.05) is 41.6 Å². The Morgan fingerprint density at radius 1 is 1.32 bits per heavy atom. The van der Waals surface area contributed by atoms with Gasteiger partial charge in [0.25, 0.3) is 0 Å². The van der Waals surface area contributed by atoms with Crippen LogP contribution in [0.2, 0.25) is 0 Å². The van der Waals surface area contributed by atoms with E-state index in [1.807, 2.05) is 16.8 Å². The molecule has 1 aromatic heterocycles. The summed E-state index contributed by atoms with van der Waals surface area (Å²) < 4.78 is 16.6. The molecule has 1 fully saturated rings. The second kappa shape index (κ2) is 5.47. The van der Waals surface area contributed by atoms with Crippen LogP contribution in [0.5, 0.6) is 0 Å². The number of hydrogen-bond donors (Lipinski definition) is 1. The van der Waals surface area contributed by atoms with E-state index in [4.69, 9.17) is 0 Å². The van der Waals surface area contributed by atoms with E-state index in [0.29, 0.717) is 18.2 Å². The van der Waals surface area contributed by atoms with Gasteiger partial charge in [-0.05, 0) is 42.7 Å². The summed E-state index contributed by atoms with van der Waals surface area (Å²) in [7, 11) is 0. The SMILES string of the molecule is Fc1ccc(Br)cc1Cn1ccc(CNC2CC2)c1. The normalized spacial score (nSPS) is 14.8. The van der Waals surface area contributed by atoms with E-state index in [9.17, 15) is 4.39 Å². The molecule has 0 unspecified atom stereocenters. The fourth-order valence-corrected chi connectivity index (χ4v) is 2.51. The van der Waals surface area contributed by atoms with Crippen LogP contribution < -0.4 is 5.32 Å². The minimum absolute atomic E-state index is 0.158. The highest BCUT2D eigenvalue weighted by molar-refractivity contribution is 9.10. The van der Waals surface area contributed by atoms with Gasteiger partial charge in [0.1, 0.15) is 5.82 Å². The third-order valence-corrected chi connectivity index (χ3v) is 3.84. The van der Waals surface area contributed by atoms with Gasteiger partial charge in [0.05, 0.1) is 0 Å². The molecular formula is C15H16BrFN2. The van der Waals surface area contributed by atoms with Crippen LogP contribution >= 0.6 is 15.9 Å². The van der Waals surface area contributed by atoms with Crippen molar-refractivity contribution in [2.24, 2.45) is 0 Å². The molecular weight excluding hydrogens is 307 g/mol. The first kappa shape index (κ1) is 12.9. The summed E-state index contributed by atoms with van der Waals surface area (Å²) in [6, 6.07) is 7.85. The van der Waals surface area contributed by atoms with Crippen LogP contribution in [0.1, 0.15) is 24.0 Å². The largest absolute Gasteiger partial charge is 0.349 e. The second-order valence-corrected chi connectivity index (χ2v) is 6.00. The number of rotatable bonds is 5. The first-order valence-corrected chi connectivity index (χ1v) is 7.32. The van der Waals surface area contributed by atoms with E-state index >= 15 is 0 Å². The van der Waals surface area contributed by atoms with Crippen molar-refractivity contribution >= 4 is 15.9 Å². The number of hydrogen-bond acceptors (Lipinski definition) is 1. The van der Waals surface area contributed by atoms with Crippen LogP contribution in [0, 0.1) is 5.82 Å². The second-order valence-electron chi connectivity index (χ2n) is 5.08. The summed E-state index contributed by atoms with van der Waals surface area (Å²) in [6.45, 7) is 1.47. The van der Waals surface area contributed by atoms with Crippen LogP contribution in [0.15, 0.2) is 41.1 Å². The molecule has 3 rings (SSSR count). The molecule has 0 bridgehead atoms. The Morgan fingerprint density at radius 2 is 2.16 bits per heavy atom. The molecule has 1 aromatic carbocycles. The standard InChI is InChI=1S/C15H16BrFN2/c16-13-1-4-15(17)12(7-13)10-19-6-5-11(9-19)8-18-14-2-3-14/h1,4-7,9,14,18H,2-3,8,10H2. The van der Waals surface area contributed by atoms with E-state index in [0.717, 1.165) is 11.0 Å². The zero-order valence-corrected chi connectivity index (χ0v) is 12.2. The quantitative estimate of drug-likeness (QED) is 0.888. The Balaban J connectivity index is 1.66. The molecule has 0 spiro atoms. The van der Waals surface area contributed by atoms with Crippen molar-refractivity contribution in [2.45, 2.75) is 32.0 Å². The van der Waals surface area contributed by atoms with Crippen molar-refractivity contribution in [1.82, 2.24) is 9.88 Å². The number of aromatic nitrogens is 1. The lowest BCUT2D eigenvalue weighted by Crippen LogP contribution is -2.14. The van der Waals surface area contributed by atoms with Crippen LogP contribution in [-0.2, 0) is 13.1 Å². The van der Waals surface area contributed by atoms with E-state index in [-0.39, 0.29) is 5.82 Å². The van der Waals surface area contributed by atoms with Crippen molar-refractivity contribution in [1.29, 1.82) is 0 Å². The lowest BCUT2D eigenvalue weighted by Gasteiger charge is -2.05. The van der Waals surface area contributed by atoms with Gasteiger partial charge in [0.15, 0.2) is 0 Å². The Labute approximate surface area is 120 Å². The van der Waals surface area contributed by atoms with Crippen molar-refractivity contribution in [3.05, 3.63) is 58.1 Å². The van der Waals surface area contributed by atoms with Crippen LogP contribution in [0.3, 0.4) is 0 Å². The summed E-state index contributed by atoms with van der Waals surface area (Å²) in [5.41, 5.74) is 1.95. The molecule has 1 saturated carbocycles. The average Bonchev–Trinajstić information content (AvgIpc) is 3.12. The minimum atomic E-state index is -0.158. The molecule has 0 saturated heterocycles. The van der Waals surface area contributed by atoms with Crippen molar-refractivity contribution in [3.63, 3.8) is 0 Å². The topological polar surface area (TPSA) is 17.0 Å². The number of nitrogens with one attached hydrogen (secondary N) is 1. The van der Waals surface area contributed by atoms with Gasteiger partial charge in [0.2, 0.25) is 0 Å². The molecule has 0 aliphatic heterocycles. The summed E-state index contributed by atoms with van der Waals surface area (Å²) in [4.78, 5) is 0. The van der Waals surface area contributed by atoms with Crippen LogP contribution in [0.4, 0.5) is 4.39 Å². The fourth-order valence-electron chi connectivity index (χ4n) is 2.10. The van der Waals surface area contributed by atoms with E-state index in [1.54, 1.807) is 6.07 Å². The predicted molar refractivity (Wildman–Crippen MR) is 77.5 cm³/mol. The lowest BCUT2D eigenvalue weighted by molar-refractivity contribution is 0.599. The average molecular weight is 323 g/mol. The summed E-state index contributed by atoms with van der Waals surface area (Å²) in [5, 5.41) is 3.48. The highest BCUT2D eigenvalue weighted by atomic mass is 79.9. The van der Waals surface area contributed by atoms with Gasteiger partial charge in [-0.2, -0.15) is 0 Å². The van der Waals surface area contributed by atoms with Gasteiger partial charge in [-0.1, -0.05) is 15.9 Å². The molecule has 1 aliphatic rings. The van der Waals surface area contributed by atoms with E-state index < -0.39 is 0 Å². The Bertz CT molecular complexity index is 575. The highest BCUT2D eigenvalue weighted by Gasteiger charge is 2.19. The number of halogens is 2. The summed E-state index contributed by atoms with van der Waals surface area (Å²) in [5.74, 6) is -0.158. The Hall–Kier alpha value is -1.13. The van der Waals surface area contributed by atoms with E-state index in [1.165, 1.54) is 24.5 Å². The zero-order valence-electron chi connectivity index (χ0n) is 10.6. The zero-order chi connectivity index (χ0) is 13.2. The Kier molecular flexibility index (Phi) is 3.71. The number of nitrogens with zero attached hydrogens (tertiary/aromatic N) is 1. The van der Waals surface area contributed by atoms with Gasteiger partial charge in [-0.3, -0.25) is 0 Å². The molecule has 0 atom stereocenters. The van der Waals surface area contributed by atoms with E-state index in [2.05, 4.69) is 33.5 Å². The minimum Gasteiger partial charge on any atom is -0.349 e. The maximum atomic E-state index is 13.7. The number of benzene rings is 1. The third-order valence-electron chi connectivity index (χ3n) is 3.34. The molecule has 1 aliphatic carbocycles. The van der Waals surface area contributed by atoms with Crippen LogP contribution in [0.25, 0.3) is 0 Å². The highest BCUT2D eigenvalue weighted by Crippen LogP contribution is 2.20. The Morgan fingerprint density at radius 3 is 2.95 bits per heavy atom. The molecule has 0 amide bonds. The molecule has 0 radical (unpaired) electrons. The maximum Gasteiger partial charge on any atom is 0.128 e. The van der Waals surface area contributed by atoms with Crippen LogP contribution in [-0.4, -0.2) is 10.6 Å². The first-order chi connectivity index (χ1) is 9.20. The van der Waals surface area contributed by atoms with Crippen molar-refractivity contribution < 1.29 is 4.39 Å². The molecule has 100 valence electrons. The van der Waals surface area contributed by atoms with Crippen molar-refractivity contribution in [2.75, 3.05) is 0 Å². The van der Waals surface area contributed by atoms with Gasteiger partial charge >= 0.3 is 0 Å². The predicted octanol–water partition coefficient (Wildman–Crippen LogP) is 3.69. The molecule has 19 heavy (non-hydrogen) atoms. The van der Waals surface area contributed by atoms with Crippen molar-refractivity contribution in [3.8, 4) is 0 Å². The molecule has 2 nitrogen and oxygen atoms in total. The van der Waals surface area contributed by atoms with Gasteiger partial charge in [-0.25, -0.2) is 4.39 Å². The lowest BCUT2D eigenvalue weighted by atomic mass is 10.2. The first-order valence-electron chi connectivity index (χ1n) is 6.53. The molecule has 2 aromatic rings. The smallest absolute Gasteiger partial charge is 0.128 e. The monoisotopic (exact) mass is 322 g/mol. The van der Waals surface area contributed by atoms with Gasteiger partial charge in [-0.15, -0.1) is 0 Å². The maximum absolute atomic E-state index is 13.7. The fraction of sp³-hybridized carbons (Fsp3) is 0.333. The molecule has 1 N–H and O–H groups in total. The molecule has 1 heterocycles. The van der Waals surface area contributed by atoms with Gasteiger partial charge < -0.3 is 9.88 Å². The third kappa shape index (κ3) is 3.45.